The predicted molar refractivity (Wildman–Crippen MR) is 188 cm³/mol. The van der Waals surface area contributed by atoms with Crippen molar-refractivity contribution in [3.05, 3.63) is 60.3 Å². The summed E-state index contributed by atoms with van der Waals surface area (Å²) in [5.41, 5.74) is -3.41. The first-order valence-corrected chi connectivity index (χ1v) is 18.4. The fourth-order valence-corrected chi connectivity index (χ4v) is 8.12. The third kappa shape index (κ3) is 7.69. The second-order valence-electron chi connectivity index (χ2n) is 14.8. The number of nitrogens with zero attached hydrogens (tertiary/aromatic N) is 6. The van der Waals surface area contributed by atoms with Crippen LogP contribution in [0.1, 0.15) is 99.6 Å². The molecule has 0 bridgehead atoms. The Morgan fingerprint density at radius 1 is 0.963 bits per heavy atom. The number of hydrogen-bond acceptors (Lipinski definition) is 8. The molecule has 1 unspecified atom stereocenters. The lowest BCUT2D eigenvalue weighted by Gasteiger charge is -2.37. The number of ether oxygens (including phenoxy) is 1. The number of aliphatic carboxylic acids is 1. The summed E-state index contributed by atoms with van der Waals surface area (Å²) in [6.07, 6.45) is 5.00. The number of anilines is 1. The van der Waals surface area contributed by atoms with Crippen LogP contribution in [0.3, 0.4) is 0 Å². The van der Waals surface area contributed by atoms with Gasteiger partial charge in [0.05, 0.1) is 11.1 Å². The summed E-state index contributed by atoms with van der Waals surface area (Å²) in [7, 11) is 0. The number of carbonyl (C=O) groups excluding carboxylic acids is 1. The van der Waals surface area contributed by atoms with Crippen LogP contribution in [0.2, 0.25) is 0 Å². The van der Waals surface area contributed by atoms with Crippen LogP contribution >= 0.6 is 0 Å². The van der Waals surface area contributed by atoms with E-state index in [1.807, 2.05) is 0 Å². The Bertz CT molecular complexity index is 1990. The highest BCUT2D eigenvalue weighted by Gasteiger charge is 2.45. The fraction of sp³-hybridized carbons (Fsp3) is 0.526. The number of benzene rings is 1. The van der Waals surface area contributed by atoms with Gasteiger partial charge < -0.3 is 24.6 Å². The van der Waals surface area contributed by atoms with Crippen molar-refractivity contribution in [1.29, 1.82) is 0 Å². The molecule has 2 saturated carbocycles. The number of amides is 1. The number of rotatable bonds is 9. The van der Waals surface area contributed by atoms with Gasteiger partial charge in [-0.3, -0.25) is 4.79 Å². The Morgan fingerprint density at radius 2 is 1.65 bits per heavy atom. The van der Waals surface area contributed by atoms with E-state index >= 15 is 0 Å². The molecule has 1 saturated heterocycles. The molecule has 1 aromatic carbocycles. The topological polar surface area (TPSA) is 135 Å². The second kappa shape index (κ2) is 14.7. The maximum Gasteiger partial charge on any atom is 0.434 e. The minimum Gasteiger partial charge on any atom is -0.490 e. The number of carboxylic acids is 1. The van der Waals surface area contributed by atoms with E-state index in [1.165, 1.54) is 6.92 Å². The van der Waals surface area contributed by atoms with Crippen LogP contribution in [0, 0.1) is 5.92 Å². The van der Waals surface area contributed by atoms with Crippen molar-refractivity contribution in [3.8, 4) is 17.1 Å². The molecule has 1 atom stereocenters. The molecule has 54 heavy (non-hydrogen) atoms. The molecule has 4 aromatic rings. The van der Waals surface area contributed by atoms with Crippen LogP contribution in [0.25, 0.3) is 22.3 Å². The average Bonchev–Trinajstić information content (AvgIpc) is 3.54. The Balaban J connectivity index is 1.20. The summed E-state index contributed by atoms with van der Waals surface area (Å²) in [5.74, 6) is -4.99. The van der Waals surface area contributed by atoms with Gasteiger partial charge in [-0.25, -0.2) is 33.5 Å². The van der Waals surface area contributed by atoms with Crippen LogP contribution in [0.15, 0.2) is 49.1 Å². The second-order valence-corrected chi connectivity index (χ2v) is 14.8. The standard InChI is InChI=1S/C38H42F5N7O4/c1-36(34(52)53,23-6-3-2-4-7-23)48-33(51)28-21-46-32(47-31(28)38(41,42)43)29-22-50(24-10-14-37(39,40)15-11-24)30-20-26(8-9-27(29)30)54-25-12-18-49(19-13-25)35-44-16-5-17-45-35/h5,8-9,16-17,20-25H,2-4,6-7,10-15,18-19H2,1H3,(H,48,51)(H,52,53). The molecule has 1 amide bonds. The van der Waals surface area contributed by atoms with Crippen LogP contribution in [0.4, 0.5) is 27.9 Å². The number of aromatic nitrogens is 5. The van der Waals surface area contributed by atoms with Gasteiger partial charge in [-0.2, -0.15) is 13.2 Å². The zero-order valence-corrected chi connectivity index (χ0v) is 29.8. The van der Waals surface area contributed by atoms with Gasteiger partial charge in [0.15, 0.2) is 11.5 Å². The van der Waals surface area contributed by atoms with E-state index in [2.05, 4.69) is 30.2 Å². The Labute approximate surface area is 308 Å². The number of carbonyl (C=O) groups is 2. The Kier molecular flexibility index (Phi) is 10.2. The van der Waals surface area contributed by atoms with Gasteiger partial charge in [-0.1, -0.05) is 19.3 Å². The molecule has 11 nitrogen and oxygen atoms in total. The van der Waals surface area contributed by atoms with Crippen molar-refractivity contribution in [2.45, 2.75) is 107 Å². The molecule has 3 fully saturated rings. The highest BCUT2D eigenvalue weighted by molar-refractivity contribution is 5.99. The summed E-state index contributed by atoms with van der Waals surface area (Å²) in [6, 6.07) is 6.55. The van der Waals surface area contributed by atoms with Gasteiger partial charge >= 0.3 is 12.1 Å². The predicted octanol–water partition coefficient (Wildman–Crippen LogP) is 7.86. The van der Waals surface area contributed by atoms with Crippen molar-refractivity contribution in [2.24, 2.45) is 5.92 Å². The summed E-state index contributed by atoms with van der Waals surface area (Å²) < 4.78 is 80.5. The van der Waals surface area contributed by atoms with Gasteiger partial charge in [0.1, 0.15) is 17.4 Å². The van der Waals surface area contributed by atoms with Crippen molar-refractivity contribution in [3.63, 3.8) is 0 Å². The van der Waals surface area contributed by atoms with Crippen LogP contribution in [-0.2, 0) is 11.0 Å². The smallest absolute Gasteiger partial charge is 0.434 e. The monoisotopic (exact) mass is 755 g/mol. The molecule has 288 valence electrons. The van der Waals surface area contributed by atoms with Gasteiger partial charge in [-0.05, 0) is 56.7 Å². The van der Waals surface area contributed by atoms with Gasteiger partial charge in [0, 0.05) is 86.6 Å². The molecule has 7 rings (SSSR count). The number of piperidine rings is 1. The lowest BCUT2D eigenvalue weighted by Crippen LogP contribution is -2.57. The lowest BCUT2D eigenvalue weighted by molar-refractivity contribution is -0.146. The first-order chi connectivity index (χ1) is 25.7. The minimum absolute atomic E-state index is 0.129. The number of carboxylic acid groups (broad SMARTS) is 1. The Hall–Kier alpha value is -4.89. The molecule has 3 aliphatic rings. The zero-order chi connectivity index (χ0) is 38.3. The molecule has 0 radical (unpaired) electrons. The van der Waals surface area contributed by atoms with E-state index < -0.39 is 46.7 Å². The van der Waals surface area contributed by atoms with Crippen LogP contribution < -0.4 is 15.0 Å². The molecule has 4 heterocycles. The SMILES string of the molecule is CC(NC(=O)c1cnc(-c2cn(C3CCC(F)(F)CC3)c3cc(OC4CCN(c5ncccn5)CC4)ccc23)nc1C(F)(F)F)(C(=O)O)C1CCCCC1. The quantitative estimate of drug-likeness (QED) is 0.164. The molecular weight excluding hydrogens is 713 g/mol. The molecule has 3 aromatic heterocycles. The lowest BCUT2D eigenvalue weighted by atomic mass is 9.75. The molecule has 2 N–H and O–H groups in total. The number of hydrogen-bond donors (Lipinski definition) is 2. The molecule has 16 heteroatoms. The van der Waals surface area contributed by atoms with Crippen molar-refractivity contribution < 1.29 is 41.4 Å². The van der Waals surface area contributed by atoms with E-state index in [9.17, 15) is 36.6 Å². The zero-order valence-electron chi connectivity index (χ0n) is 29.8. The van der Waals surface area contributed by atoms with E-state index in [4.69, 9.17) is 4.74 Å². The summed E-state index contributed by atoms with van der Waals surface area (Å²) in [4.78, 5) is 44.6. The van der Waals surface area contributed by atoms with Gasteiger partial charge in [0.25, 0.3) is 5.91 Å². The fourth-order valence-electron chi connectivity index (χ4n) is 8.12. The van der Waals surface area contributed by atoms with E-state index in [0.29, 0.717) is 61.4 Å². The average molecular weight is 756 g/mol. The largest absolute Gasteiger partial charge is 0.490 e. The van der Waals surface area contributed by atoms with E-state index in [0.717, 1.165) is 25.5 Å². The molecule has 1 aliphatic heterocycles. The minimum atomic E-state index is -5.09. The highest BCUT2D eigenvalue weighted by atomic mass is 19.4. The maximum absolute atomic E-state index is 14.6. The molecule has 0 spiro atoms. The van der Waals surface area contributed by atoms with E-state index in [-0.39, 0.29) is 49.2 Å². The third-order valence-corrected chi connectivity index (χ3v) is 11.2. The van der Waals surface area contributed by atoms with Gasteiger partial charge in [-0.15, -0.1) is 0 Å². The number of fused-ring (bicyclic) bond motifs is 1. The van der Waals surface area contributed by atoms with Crippen molar-refractivity contribution in [1.82, 2.24) is 29.8 Å². The first kappa shape index (κ1) is 37.4. The van der Waals surface area contributed by atoms with Crippen molar-refractivity contribution in [2.75, 3.05) is 18.0 Å². The number of nitrogens with one attached hydrogen (secondary N) is 1. The normalized spacial score (nSPS) is 20.1. The van der Waals surface area contributed by atoms with Crippen LogP contribution in [-0.4, -0.2) is 72.1 Å². The third-order valence-electron chi connectivity index (χ3n) is 11.2. The summed E-state index contributed by atoms with van der Waals surface area (Å²) in [5, 5.41) is 12.9. The molecule has 2 aliphatic carbocycles. The van der Waals surface area contributed by atoms with E-state index in [1.54, 1.807) is 47.4 Å². The Morgan fingerprint density at radius 3 is 2.30 bits per heavy atom. The number of alkyl halides is 5. The van der Waals surface area contributed by atoms with Gasteiger partial charge in [0.2, 0.25) is 11.9 Å². The highest BCUT2D eigenvalue weighted by Crippen LogP contribution is 2.43. The summed E-state index contributed by atoms with van der Waals surface area (Å²) >= 11 is 0. The maximum atomic E-state index is 14.6. The number of halogens is 5. The van der Waals surface area contributed by atoms with Crippen molar-refractivity contribution >= 4 is 28.7 Å². The molecular formula is C38H42F5N7O4. The van der Waals surface area contributed by atoms with Crippen LogP contribution in [0.5, 0.6) is 5.75 Å². The summed E-state index contributed by atoms with van der Waals surface area (Å²) in [6.45, 7) is 2.68. The first-order valence-electron chi connectivity index (χ1n) is 18.4.